The van der Waals surface area contributed by atoms with Crippen molar-refractivity contribution in [2.45, 2.75) is 45.2 Å². The lowest BCUT2D eigenvalue weighted by atomic mass is 10.0. The molecule has 0 aliphatic carbocycles. The average Bonchev–Trinajstić information content (AvgIpc) is 2.84. The molecule has 188 valence electrons. The van der Waals surface area contributed by atoms with Crippen LogP contribution in [0, 0.1) is 6.92 Å². The number of rotatable bonds is 8. The number of hydrogen-bond donors (Lipinski definition) is 3. The van der Waals surface area contributed by atoms with Crippen molar-refractivity contribution in [1.29, 1.82) is 0 Å². The normalized spacial score (nSPS) is 14.6. The molecule has 2 aromatic rings. The van der Waals surface area contributed by atoms with Gasteiger partial charge in [-0.05, 0) is 49.6 Å². The Kier molecular flexibility index (Phi) is 8.94. The lowest BCUT2D eigenvalue weighted by Gasteiger charge is -2.33. The second kappa shape index (κ2) is 12.1. The van der Waals surface area contributed by atoms with Crippen molar-refractivity contribution in [3.05, 3.63) is 53.6 Å². The summed E-state index contributed by atoms with van der Waals surface area (Å²) in [5, 5.41) is 8.70. The molecule has 1 aliphatic heterocycles. The van der Waals surface area contributed by atoms with E-state index in [-0.39, 0.29) is 30.3 Å². The molecule has 4 amide bonds. The molecule has 0 unspecified atom stereocenters. The highest BCUT2D eigenvalue weighted by molar-refractivity contribution is 5.89. The molecule has 1 saturated heterocycles. The molecule has 3 rings (SSSR count). The van der Waals surface area contributed by atoms with E-state index in [2.05, 4.69) is 16.0 Å². The Morgan fingerprint density at radius 3 is 2.14 bits per heavy atom. The Hall–Kier alpha value is -3.75. The van der Waals surface area contributed by atoms with Crippen molar-refractivity contribution in [1.82, 2.24) is 15.5 Å². The zero-order valence-corrected chi connectivity index (χ0v) is 20.7. The molecular formula is C26H34N4O5. The van der Waals surface area contributed by atoms with Gasteiger partial charge in [-0.2, -0.15) is 0 Å². The van der Waals surface area contributed by atoms with E-state index in [0.717, 1.165) is 16.8 Å². The smallest absolute Gasteiger partial charge is 0.321 e. The summed E-state index contributed by atoms with van der Waals surface area (Å²) in [4.78, 5) is 39.2. The predicted molar refractivity (Wildman–Crippen MR) is 134 cm³/mol. The summed E-state index contributed by atoms with van der Waals surface area (Å²) in [6.45, 7) is 4.44. The molecule has 9 heteroatoms. The fourth-order valence-corrected chi connectivity index (χ4v) is 4.04. The summed E-state index contributed by atoms with van der Waals surface area (Å²) in [7, 11) is 3.12. The zero-order valence-electron chi connectivity index (χ0n) is 20.7. The van der Waals surface area contributed by atoms with Crippen LogP contribution in [0.25, 0.3) is 0 Å². The number of anilines is 1. The van der Waals surface area contributed by atoms with Gasteiger partial charge in [0.2, 0.25) is 11.8 Å². The Bertz CT molecular complexity index is 1010. The monoisotopic (exact) mass is 482 g/mol. The van der Waals surface area contributed by atoms with Gasteiger partial charge in [-0.1, -0.05) is 17.7 Å². The van der Waals surface area contributed by atoms with Crippen LogP contribution >= 0.6 is 0 Å². The summed E-state index contributed by atoms with van der Waals surface area (Å²) in [5.41, 5.74) is 2.68. The van der Waals surface area contributed by atoms with Gasteiger partial charge in [-0.3, -0.25) is 9.59 Å². The molecule has 1 atom stereocenters. The first-order valence-electron chi connectivity index (χ1n) is 11.7. The largest absolute Gasteiger partial charge is 0.497 e. The van der Waals surface area contributed by atoms with Gasteiger partial charge in [0.1, 0.15) is 17.5 Å². The van der Waals surface area contributed by atoms with Crippen molar-refractivity contribution in [3.8, 4) is 11.5 Å². The summed E-state index contributed by atoms with van der Waals surface area (Å²) >= 11 is 0. The number of carbonyl (C=O) groups excluding carboxylic acids is 3. The van der Waals surface area contributed by atoms with Crippen LogP contribution in [0.15, 0.2) is 42.5 Å². The Balaban J connectivity index is 1.56. The summed E-state index contributed by atoms with van der Waals surface area (Å²) < 4.78 is 10.6. The molecule has 0 radical (unpaired) electrons. The molecule has 0 saturated carbocycles. The maximum atomic E-state index is 13.1. The lowest BCUT2D eigenvalue weighted by molar-refractivity contribution is -0.128. The van der Waals surface area contributed by atoms with Gasteiger partial charge < -0.3 is 30.3 Å². The molecule has 1 aliphatic rings. The molecule has 1 heterocycles. The van der Waals surface area contributed by atoms with Crippen molar-refractivity contribution >= 4 is 23.5 Å². The molecule has 35 heavy (non-hydrogen) atoms. The topological polar surface area (TPSA) is 109 Å². The minimum absolute atomic E-state index is 0.0815. The maximum Gasteiger partial charge on any atom is 0.321 e. The number of nitrogens with zero attached hydrogens (tertiary/aromatic N) is 1. The van der Waals surface area contributed by atoms with Crippen molar-refractivity contribution in [2.24, 2.45) is 0 Å². The molecule has 0 bridgehead atoms. The lowest BCUT2D eigenvalue weighted by Crippen LogP contribution is -2.53. The Labute approximate surface area is 206 Å². The number of urea groups is 1. The fraction of sp³-hybridized carbons (Fsp3) is 0.423. The van der Waals surface area contributed by atoms with Crippen LogP contribution in [0.3, 0.4) is 0 Å². The minimum Gasteiger partial charge on any atom is -0.497 e. The van der Waals surface area contributed by atoms with Gasteiger partial charge in [-0.15, -0.1) is 0 Å². The van der Waals surface area contributed by atoms with E-state index in [9.17, 15) is 14.4 Å². The van der Waals surface area contributed by atoms with Gasteiger partial charge in [0, 0.05) is 44.2 Å². The summed E-state index contributed by atoms with van der Waals surface area (Å²) in [6.07, 6.45) is 1.55. The number of likely N-dealkylation sites (tertiary alicyclic amines) is 1. The number of ether oxygens (including phenoxy) is 2. The van der Waals surface area contributed by atoms with Crippen LogP contribution in [0.4, 0.5) is 10.5 Å². The number of carbonyl (C=O) groups is 3. The molecular weight excluding hydrogens is 448 g/mol. The highest BCUT2D eigenvalue weighted by atomic mass is 16.5. The minimum atomic E-state index is -0.743. The van der Waals surface area contributed by atoms with Gasteiger partial charge in [-0.25, -0.2) is 4.79 Å². The van der Waals surface area contributed by atoms with E-state index < -0.39 is 6.04 Å². The third-order valence-corrected chi connectivity index (χ3v) is 5.98. The van der Waals surface area contributed by atoms with Crippen LogP contribution in [0.5, 0.6) is 11.5 Å². The third kappa shape index (κ3) is 7.63. The zero-order chi connectivity index (χ0) is 25.4. The van der Waals surface area contributed by atoms with Gasteiger partial charge in [0.25, 0.3) is 0 Å². The van der Waals surface area contributed by atoms with E-state index >= 15 is 0 Å². The first-order chi connectivity index (χ1) is 16.8. The number of piperidine rings is 1. The quantitative estimate of drug-likeness (QED) is 0.536. The SMILES string of the molecule is COc1cc(C[C@H](NC(C)=O)C(=O)NC2CCN(C(=O)Nc3ccc(C)cc3)CC2)cc(OC)c1. The van der Waals surface area contributed by atoms with Crippen molar-refractivity contribution < 1.29 is 23.9 Å². The van der Waals surface area contributed by atoms with E-state index in [1.54, 1.807) is 25.2 Å². The predicted octanol–water partition coefficient (Wildman–Crippen LogP) is 2.87. The molecule has 3 N–H and O–H groups in total. The molecule has 0 aromatic heterocycles. The summed E-state index contributed by atoms with van der Waals surface area (Å²) in [6, 6.07) is 12.1. The number of aryl methyl sites for hydroxylation is 1. The van der Waals surface area contributed by atoms with Crippen molar-refractivity contribution in [2.75, 3.05) is 32.6 Å². The second-order valence-corrected chi connectivity index (χ2v) is 8.74. The number of nitrogens with one attached hydrogen (secondary N) is 3. The van der Waals surface area contributed by atoms with E-state index in [0.29, 0.717) is 37.4 Å². The fourth-order valence-electron chi connectivity index (χ4n) is 4.04. The molecule has 2 aromatic carbocycles. The molecule has 9 nitrogen and oxygen atoms in total. The first-order valence-corrected chi connectivity index (χ1v) is 11.7. The highest BCUT2D eigenvalue weighted by Crippen LogP contribution is 2.23. The third-order valence-electron chi connectivity index (χ3n) is 5.98. The highest BCUT2D eigenvalue weighted by Gasteiger charge is 2.27. The maximum absolute atomic E-state index is 13.1. The van der Waals surface area contributed by atoms with Gasteiger partial charge in [0.05, 0.1) is 14.2 Å². The second-order valence-electron chi connectivity index (χ2n) is 8.74. The Morgan fingerprint density at radius 2 is 1.60 bits per heavy atom. The molecule has 0 spiro atoms. The number of methoxy groups -OCH3 is 2. The van der Waals surface area contributed by atoms with Crippen LogP contribution in [-0.2, 0) is 16.0 Å². The Morgan fingerprint density at radius 1 is 1.00 bits per heavy atom. The summed E-state index contributed by atoms with van der Waals surface area (Å²) in [5.74, 6) is 0.669. The van der Waals surface area contributed by atoms with E-state index in [4.69, 9.17) is 9.47 Å². The van der Waals surface area contributed by atoms with E-state index in [1.807, 2.05) is 43.3 Å². The average molecular weight is 483 g/mol. The standard InChI is InChI=1S/C26H34N4O5/c1-17-5-7-20(8-6-17)29-26(33)30-11-9-21(10-12-30)28-25(32)24(27-18(2)31)15-19-13-22(34-3)16-23(14-19)35-4/h5-8,13-14,16,21,24H,9-12,15H2,1-4H3,(H,27,31)(H,28,32)(H,29,33)/t24-/m0/s1. The van der Waals surface area contributed by atoms with Crippen molar-refractivity contribution in [3.63, 3.8) is 0 Å². The number of amides is 4. The van der Waals surface area contributed by atoms with Crippen LogP contribution in [-0.4, -0.2) is 62.1 Å². The van der Waals surface area contributed by atoms with Crippen LogP contribution < -0.4 is 25.4 Å². The van der Waals surface area contributed by atoms with E-state index in [1.165, 1.54) is 6.92 Å². The molecule has 1 fully saturated rings. The van der Waals surface area contributed by atoms with Gasteiger partial charge in [0.15, 0.2) is 0 Å². The first kappa shape index (κ1) is 25.9. The number of hydrogen-bond acceptors (Lipinski definition) is 5. The number of benzene rings is 2. The van der Waals surface area contributed by atoms with Crippen LogP contribution in [0.2, 0.25) is 0 Å². The van der Waals surface area contributed by atoms with Crippen LogP contribution in [0.1, 0.15) is 30.9 Å². The van der Waals surface area contributed by atoms with Gasteiger partial charge >= 0.3 is 6.03 Å².